The number of anilines is 1. The van der Waals surface area contributed by atoms with Crippen LogP contribution in [-0.2, 0) is 0 Å². The summed E-state index contributed by atoms with van der Waals surface area (Å²) in [5.41, 5.74) is 2.32. The van der Waals surface area contributed by atoms with Gasteiger partial charge in [-0.05, 0) is 59.1 Å². The fourth-order valence-electron chi connectivity index (χ4n) is 1.69. The van der Waals surface area contributed by atoms with E-state index in [1.165, 1.54) is 0 Å². The first-order valence-electron chi connectivity index (χ1n) is 5.67. The van der Waals surface area contributed by atoms with Crippen molar-refractivity contribution < 1.29 is 4.79 Å². The largest absolute Gasteiger partial charge is 0.306 e. The molecule has 2 aromatic rings. The van der Waals surface area contributed by atoms with Gasteiger partial charge >= 0.3 is 0 Å². The number of aromatic nitrogens is 1. The first kappa shape index (κ1) is 14.0. The number of hydrogen-bond donors (Lipinski definition) is 1. The zero-order valence-electron chi connectivity index (χ0n) is 10.5. The van der Waals surface area contributed by atoms with E-state index in [1.807, 2.05) is 26.0 Å². The summed E-state index contributed by atoms with van der Waals surface area (Å²) in [6.07, 6.45) is 1.65. The number of halogens is 2. The van der Waals surface area contributed by atoms with Crippen molar-refractivity contribution in [1.29, 1.82) is 0 Å². The van der Waals surface area contributed by atoms with Gasteiger partial charge in [-0.3, -0.25) is 4.79 Å². The number of carbonyl (C=O) groups is 1. The summed E-state index contributed by atoms with van der Waals surface area (Å²) in [5, 5.41) is 3.33. The van der Waals surface area contributed by atoms with Crippen molar-refractivity contribution in [2.45, 2.75) is 13.8 Å². The highest BCUT2D eigenvalue weighted by atomic mass is 79.9. The molecule has 0 unspecified atom stereocenters. The summed E-state index contributed by atoms with van der Waals surface area (Å²) in [4.78, 5) is 16.4. The maximum atomic E-state index is 12.2. The second-order valence-electron chi connectivity index (χ2n) is 4.23. The van der Waals surface area contributed by atoms with Crippen LogP contribution in [0, 0.1) is 13.8 Å². The highest BCUT2D eigenvalue weighted by molar-refractivity contribution is 9.10. The second kappa shape index (κ2) is 5.72. The van der Waals surface area contributed by atoms with Crippen LogP contribution in [0.4, 0.5) is 5.82 Å². The molecule has 0 saturated carbocycles. The zero-order valence-corrected chi connectivity index (χ0v) is 12.8. The van der Waals surface area contributed by atoms with E-state index in [9.17, 15) is 4.79 Å². The second-order valence-corrected chi connectivity index (χ2v) is 5.58. The van der Waals surface area contributed by atoms with E-state index in [-0.39, 0.29) is 5.91 Å². The molecule has 1 aromatic heterocycles. The predicted molar refractivity (Wildman–Crippen MR) is 80.8 cm³/mol. The van der Waals surface area contributed by atoms with Gasteiger partial charge in [0.05, 0.1) is 0 Å². The fraction of sp³-hybridized carbons (Fsp3) is 0.143. The molecule has 5 heteroatoms. The molecule has 0 saturated heterocycles. The number of pyridine rings is 1. The first-order chi connectivity index (χ1) is 8.97. The molecule has 0 aliphatic heterocycles. The molecule has 0 radical (unpaired) electrons. The molecule has 98 valence electrons. The van der Waals surface area contributed by atoms with Gasteiger partial charge in [0.2, 0.25) is 0 Å². The van der Waals surface area contributed by atoms with Gasteiger partial charge in [0, 0.05) is 21.3 Å². The molecule has 2 rings (SSSR count). The Morgan fingerprint density at radius 1 is 1.26 bits per heavy atom. The third kappa shape index (κ3) is 3.33. The van der Waals surface area contributed by atoms with Gasteiger partial charge in [-0.15, -0.1) is 0 Å². The minimum atomic E-state index is -0.210. The lowest BCUT2D eigenvalue weighted by molar-refractivity contribution is 0.102. The van der Waals surface area contributed by atoms with Crippen molar-refractivity contribution >= 4 is 39.3 Å². The van der Waals surface area contributed by atoms with Crippen LogP contribution in [0.3, 0.4) is 0 Å². The Morgan fingerprint density at radius 2 is 2.00 bits per heavy atom. The number of benzene rings is 1. The Bertz CT molecular complexity index is 643. The zero-order chi connectivity index (χ0) is 14.0. The van der Waals surface area contributed by atoms with E-state index in [4.69, 9.17) is 11.6 Å². The Kier molecular flexibility index (Phi) is 4.22. The van der Waals surface area contributed by atoms with Crippen molar-refractivity contribution in [2.24, 2.45) is 0 Å². The third-order valence-electron chi connectivity index (χ3n) is 2.72. The molecule has 0 aliphatic rings. The highest BCUT2D eigenvalue weighted by Crippen LogP contribution is 2.20. The molecule has 0 bridgehead atoms. The number of nitrogens with zero attached hydrogens (tertiary/aromatic N) is 1. The maximum Gasteiger partial charge on any atom is 0.257 e. The topological polar surface area (TPSA) is 42.0 Å². The normalized spacial score (nSPS) is 10.3. The average molecular weight is 340 g/mol. The van der Waals surface area contributed by atoms with Crippen LogP contribution in [-0.4, -0.2) is 10.9 Å². The quantitative estimate of drug-likeness (QED) is 0.883. The molecule has 3 nitrogen and oxygen atoms in total. The van der Waals surface area contributed by atoms with Gasteiger partial charge in [-0.25, -0.2) is 4.98 Å². The third-order valence-corrected chi connectivity index (χ3v) is 3.39. The Balaban J connectivity index is 2.28. The molecule has 1 heterocycles. The minimum absolute atomic E-state index is 0.210. The number of carbonyl (C=O) groups excluding carboxylic acids is 1. The van der Waals surface area contributed by atoms with E-state index in [0.717, 1.165) is 15.6 Å². The molecule has 19 heavy (non-hydrogen) atoms. The summed E-state index contributed by atoms with van der Waals surface area (Å²) in [6.45, 7) is 3.76. The Hall–Kier alpha value is -1.39. The van der Waals surface area contributed by atoms with Crippen LogP contribution in [0.15, 0.2) is 34.9 Å². The first-order valence-corrected chi connectivity index (χ1v) is 6.84. The summed E-state index contributed by atoms with van der Waals surface area (Å²) in [6, 6.07) is 7.13. The number of rotatable bonds is 2. The molecule has 0 atom stereocenters. The summed E-state index contributed by atoms with van der Waals surface area (Å²) in [5.74, 6) is 0.338. The molecule has 1 N–H and O–H groups in total. The van der Waals surface area contributed by atoms with E-state index >= 15 is 0 Å². The van der Waals surface area contributed by atoms with Gasteiger partial charge in [-0.2, -0.15) is 0 Å². The molecule has 0 spiro atoms. The van der Waals surface area contributed by atoms with Crippen molar-refractivity contribution in [2.75, 3.05) is 5.32 Å². The summed E-state index contributed by atoms with van der Waals surface area (Å²) in [7, 11) is 0. The van der Waals surface area contributed by atoms with Crippen LogP contribution < -0.4 is 5.32 Å². The Labute approximate surface area is 125 Å². The lowest BCUT2D eigenvalue weighted by Gasteiger charge is -2.09. The van der Waals surface area contributed by atoms with Gasteiger partial charge in [0.15, 0.2) is 0 Å². The number of hydrogen-bond acceptors (Lipinski definition) is 2. The highest BCUT2D eigenvalue weighted by Gasteiger charge is 2.12. The fourth-order valence-corrected chi connectivity index (χ4v) is 2.30. The lowest BCUT2D eigenvalue weighted by Crippen LogP contribution is -2.15. The molecular weight excluding hydrogens is 328 g/mol. The van der Waals surface area contributed by atoms with Crippen LogP contribution >= 0.6 is 27.5 Å². The summed E-state index contributed by atoms with van der Waals surface area (Å²) >= 11 is 9.25. The molecule has 0 fully saturated rings. The standard InChI is InChI=1S/C14H12BrClN2O/c1-8-3-4-11(16)6-12(8)14(19)18-13-9(2)5-10(15)7-17-13/h3-7H,1-2H3,(H,17,18,19). The van der Waals surface area contributed by atoms with E-state index in [1.54, 1.807) is 18.3 Å². The van der Waals surface area contributed by atoms with Gasteiger partial charge in [-0.1, -0.05) is 17.7 Å². The molecular formula is C14H12BrClN2O. The van der Waals surface area contributed by atoms with Gasteiger partial charge in [0.1, 0.15) is 5.82 Å². The predicted octanol–water partition coefficient (Wildman–Crippen LogP) is 4.37. The van der Waals surface area contributed by atoms with Crippen molar-refractivity contribution in [1.82, 2.24) is 4.98 Å². The number of aryl methyl sites for hydroxylation is 2. The van der Waals surface area contributed by atoms with E-state index in [0.29, 0.717) is 16.4 Å². The van der Waals surface area contributed by atoms with Crippen molar-refractivity contribution in [3.05, 3.63) is 56.6 Å². The lowest BCUT2D eigenvalue weighted by atomic mass is 10.1. The van der Waals surface area contributed by atoms with Crippen LogP contribution in [0.25, 0.3) is 0 Å². The SMILES string of the molecule is Cc1ccc(Cl)cc1C(=O)Nc1ncc(Br)cc1C. The van der Waals surface area contributed by atoms with E-state index < -0.39 is 0 Å². The summed E-state index contributed by atoms with van der Waals surface area (Å²) < 4.78 is 0.877. The Morgan fingerprint density at radius 3 is 2.68 bits per heavy atom. The number of nitrogens with one attached hydrogen (secondary N) is 1. The van der Waals surface area contributed by atoms with Crippen LogP contribution in [0.1, 0.15) is 21.5 Å². The van der Waals surface area contributed by atoms with Crippen molar-refractivity contribution in [3.8, 4) is 0 Å². The molecule has 1 amide bonds. The number of amides is 1. The smallest absolute Gasteiger partial charge is 0.257 e. The molecule has 0 aliphatic carbocycles. The van der Waals surface area contributed by atoms with Crippen molar-refractivity contribution in [3.63, 3.8) is 0 Å². The van der Waals surface area contributed by atoms with Crippen LogP contribution in [0.2, 0.25) is 5.02 Å². The van der Waals surface area contributed by atoms with Gasteiger partial charge < -0.3 is 5.32 Å². The van der Waals surface area contributed by atoms with E-state index in [2.05, 4.69) is 26.2 Å². The minimum Gasteiger partial charge on any atom is -0.306 e. The van der Waals surface area contributed by atoms with Crippen LogP contribution in [0.5, 0.6) is 0 Å². The average Bonchev–Trinajstić information content (AvgIpc) is 2.35. The van der Waals surface area contributed by atoms with Gasteiger partial charge in [0.25, 0.3) is 5.91 Å². The molecule has 1 aromatic carbocycles. The maximum absolute atomic E-state index is 12.2. The monoisotopic (exact) mass is 338 g/mol.